The van der Waals surface area contributed by atoms with E-state index >= 15 is 0 Å². The van der Waals surface area contributed by atoms with Gasteiger partial charge in [-0.3, -0.25) is 4.79 Å². The van der Waals surface area contributed by atoms with Crippen LogP contribution in [-0.4, -0.2) is 33.9 Å². The maximum absolute atomic E-state index is 11.4. The number of pyridine rings is 2. The molecule has 0 radical (unpaired) electrons. The molecule has 1 aliphatic rings. The van der Waals surface area contributed by atoms with E-state index in [1.165, 1.54) is 0 Å². The fourth-order valence-electron chi connectivity index (χ4n) is 2.81. The summed E-state index contributed by atoms with van der Waals surface area (Å²) in [6, 6.07) is 11.8. The lowest BCUT2D eigenvalue weighted by Crippen LogP contribution is -2.36. The van der Waals surface area contributed by atoms with E-state index in [0.29, 0.717) is 5.92 Å². The van der Waals surface area contributed by atoms with Crippen LogP contribution in [0.15, 0.2) is 42.6 Å². The zero-order valence-electron chi connectivity index (χ0n) is 12.7. The molecule has 0 saturated carbocycles. The molecular formula is C17H20N4O. The van der Waals surface area contributed by atoms with Crippen LogP contribution in [0.2, 0.25) is 0 Å². The van der Waals surface area contributed by atoms with Gasteiger partial charge in [0.1, 0.15) is 11.6 Å². The van der Waals surface area contributed by atoms with E-state index in [2.05, 4.69) is 16.4 Å². The van der Waals surface area contributed by atoms with Crippen LogP contribution < -0.4 is 5.32 Å². The SMILES string of the molecule is CC(=O)N1CCC(c2cccc(Nc3ccccn3)n2)CC1. The van der Waals surface area contributed by atoms with Crippen molar-refractivity contribution in [2.24, 2.45) is 0 Å². The van der Waals surface area contributed by atoms with Crippen molar-refractivity contribution in [2.45, 2.75) is 25.7 Å². The third kappa shape index (κ3) is 3.42. The fourth-order valence-corrected chi connectivity index (χ4v) is 2.81. The minimum atomic E-state index is 0.164. The van der Waals surface area contributed by atoms with Gasteiger partial charge < -0.3 is 10.2 Å². The first kappa shape index (κ1) is 14.5. The molecule has 2 aromatic rings. The first-order valence-electron chi connectivity index (χ1n) is 7.63. The molecule has 0 aromatic carbocycles. The fraction of sp³-hybridized carbons (Fsp3) is 0.353. The van der Waals surface area contributed by atoms with E-state index < -0.39 is 0 Å². The molecule has 2 aromatic heterocycles. The number of carbonyl (C=O) groups is 1. The average Bonchev–Trinajstić information content (AvgIpc) is 2.56. The second kappa shape index (κ2) is 6.56. The molecule has 1 N–H and O–H groups in total. The highest BCUT2D eigenvalue weighted by Gasteiger charge is 2.22. The standard InChI is InChI=1S/C17H20N4O/c1-13(22)21-11-8-14(9-12-21)15-5-4-7-17(19-15)20-16-6-2-3-10-18-16/h2-7,10,14H,8-9,11-12H2,1H3,(H,18,19,20). The first-order valence-corrected chi connectivity index (χ1v) is 7.63. The van der Waals surface area contributed by atoms with Gasteiger partial charge in [-0.2, -0.15) is 0 Å². The maximum atomic E-state index is 11.4. The predicted molar refractivity (Wildman–Crippen MR) is 86.0 cm³/mol. The molecule has 1 fully saturated rings. The molecule has 0 unspecified atom stereocenters. The van der Waals surface area contributed by atoms with Crippen molar-refractivity contribution < 1.29 is 4.79 Å². The molecular weight excluding hydrogens is 276 g/mol. The van der Waals surface area contributed by atoms with Gasteiger partial charge in [-0.1, -0.05) is 12.1 Å². The van der Waals surface area contributed by atoms with Crippen molar-refractivity contribution >= 4 is 17.5 Å². The monoisotopic (exact) mass is 296 g/mol. The molecule has 1 aliphatic heterocycles. The summed E-state index contributed by atoms with van der Waals surface area (Å²) in [4.78, 5) is 22.3. The minimum absolute atomic E-state index is 0.164. The van der Waals surface area contributed by atoms with E-state index in [4.69, 9.17) is 4.98 Å². The number of amides is 1. The van der Waals surface area contributed by atoms with Crippen molar-refractivity contribution in [3.63, 3.8) is 0 Å². The van der Waals surface area contributed by atoms with Crippen molar-refractivity contribution in [3.05, 3.63) is 48.3 Å². The zero-order chi connectivity index (χ0) is 15.4. The summed E-state index contributed by atoms with van der Waals surface area (Å²) in [7, 11) is 0. The van der Waals surface area contributed by atoms with Crippen LogP contribution in [0.25, 0.3) is 0 Å². The Morgan fingerprint density at radius 3 is 2.59 bits per heavy atom. The molecule has 5 heteroatoms. The molecule has 1 saturated heterocycles. The van der Waals surface area contributed by atoms with E-state index in [9.17, 15) is 4.79 Å². The minimum Gasteiger partial charge on any atom is -0.343 e. The van der Waals surface area contributed by atoms with Crippen molar-refractivity contribution in [1.82, 2.24) is 14.9 Å². The molecule has 0 aliphatic carbocycles. The van der Waals surface area contributed by atoms with E-state index in [1.54, 1.807) is 13.1 Å². The van der Waals surface area contributed by atoms with Gasteiger partial charge in [0.2, 0.25) is 5.91 Å². The van der Waals surface area contributed by atoms with Crippen molar-refractivity contribution in [1.29, 1.82) is 0 Å². The lowest BCUT2D eigenvalue weighted by Gasteiger charge is -2.31. The van der Waals surface area contributed by atoms with Gasteiger partial charge in [0.15, 0.2) is 0 Å². The van der Waals surface area contributed by atoms with Gasteiger partial charge in [-0.05, 0) is 37.1 Å². The van der Waals surface area contributed by atoms with Crippen LogP contribution in [0, 0.1) is 0 Å². The Morgan fingerprint density at radius 1 is 1.14 bits per heavy atom. The summed E-state index contributed by atoms with van der Waals surface area (Å²) < 4.78 is 0. The average molecular weight is 296 g/mol. The molecule has 1 amide bonds. The van der Waals surface area contributed by atoms with Gasteiger partial charge in [0, 0.05) is 37.8 Å². The first-order chi connectivity index (χ1) is 10.7. The van der Waals surface area contributed by atoms with E-state index in [0.717, 1.165) is 43.3 Å². The number of piperidine rings is 1. The Morgan fingerprint density at radius 2 is 1.91 bits per heavy atom. The highest BCUT2D eigenvalue weighted by molar-refractivity contribution is 5.73. The number of hydrogen-bond acceptors (Lipinski definition) is 4. The summed E-state index contributed by atoms with van der Waals surface area (Å²) in [5.74, 6) is 2.18. The third-order valence-electron chi connectivity index (χ3n) is 4.05. The number of aromatic nitrogens is 2. The number of likely N-dealkylation sites (tertiary alicyclic amines) is 1. The maximum Gasteiger partial charge on any atom is 0.219 e. The van der Waals surface area contributed by atoms with Gasteiger partial charge in [-0.25, -0.2) is 9.97 Å². The number of carbonyl (C=O) groups excluding carboxylic acids is 1. The van der Waals surface area contributed by atoms with E-state index in [-0.39, 0.29) is 5.91 Å². The Balaban J connectivity index is 1.68. The van der Waals surface area contributed by atoms with Crippen molar-refractivity contribution in [3.8, 4) is 0 Å². The Labute approximate surface area is 130 Å². The number of nitrogens with one attached hydrogen (secondary N) is 1. The molecule has 5 nitrogen and oxygen atoms in total. The Kier molecular flexibility index (Phi) is 4.32. The molecule has 0 atom stereocenters. The van der Waals surface area contributed by atoms with Gasteiger partial charge in [-0.15, -0.1) is 0 Å². The molecule has 3 rings (SSSR count). The highest BCUT2D eigenvalue weighted by Crippen LogP contribution is 2.27. The van der Waals surface area contributed by atoms with Crippen LogP contribution in [-0.2, 0) is 4.79 Å². The number of nitrogens with zero attached hydrogens (tertiary/aromatic N) is 3. The normalized spacial score (nSPS) is 15.6. The number of hydrogen-bond donors (Lipinski definition) is 1. The van der Waals surface area contributed by atoms with Crippen LogP contribution >= 0.6 is 0 Å². The summed E-state index contributed by atoms with van der Waals surface area (Å²) >= 11 is 0. The topological polar surface area (TPSA) is 58.1 Å². The van der Waals surface area contributed by atoms with Gasteiger partial charge in [0.05, 0.1) is 0 Å². The van der Waals surface area contributed by atoms with Crippen LogP contribution in [0.3, 0.4) is 0 Å². The Hall–Kier alpha value is -2.43. The number of rotatable bonds is 3. The van der Waals surface area contributed by atoms with Crippen LogP contribution in [0.1, 0.15) is 31.4 Å². The summed E-state index contributed by atoms with van der Waals surface area (Å²) in [5.41, 5.74) is 1.09. The summed E-state index contributed by atoms with van der Waals surface area (Å²) in [6.07, 6.45) is 3.70. The molecule has 114 valence electrons. The second-order valence-corrected chi connectivity index (χ2v) is 5.57. The van der Waals surface area contributed by atoms with Crippen LogP contribution in [0.5, 0.6) is 0 Å². The quantitative estimate of drug-likeness (QED) is 0.946. The van der Waals surface area contributed by atoms with Gasteiger partial charge in [0.25, 0.3) is 0 Å². The summed E-state index contributed by atoms with van der Waals surface area (Å²) in [5, 5.41) is 3.22. The zero-order valence-corrected chi connectivity index (χ0v) is 12.7. The van der Waals surface area contributed by atoms with E-state index in [1.807, 2.05) is 35.2 Å². The molecule has 0 spiro atoms. The largest absolute Gasteiger partial charge is 0.343 e. The molecule has 3 heterocycles. The second-order valence-electron chi connectivity index (χ2n) is 5.57. The lowest BCUT2D eigenvalue weighted by atomic mass is 9.93. The highest BCUT2D eigenvalue weighted by atomic mass is 16.2. The van der Waals surface area contributed by atoms with Crippen LogP contribution in [0.4, 0.5) is 11.6 Å². The predicted octanol–water partition coefficient (Wildman–Crippen LogP) is 2.95. The Bertz CT molecular complexity index is 636. The smallest absolute Gasteiger partial charge is 0.219 e. The van der Waals surface area contributed by atoms with Gasteiger partial charge >= 0.3 is 0 Å². The molecule has 0 bridgehead atoms. The van der Waals surface area contributed by atoms with Crippen molar-refractivity contribution in [2.75, 3.05) is 18.4 Å². The molecule has 22 heavy (non-hydrogen) atoms. The number of anilines is 2. The third-order valence-corrected chi connectivity index (χ3v) is 4.05. The summed E-state index contributed by atoms with van der Waals surface area (Å²) in [6.45, 7) is 3.27. The lowest BCUT2D eigenvalue weighted by molar-refractivity contribution is -0.129.